The van der Waals surface area contributed by atoms with Gasteiger partial charge in [-0.05, 0) is 49.3 Å². The summed E-state index contributed by atoms with van der Waals surface area (Å²) in [5, 5.41) is 5.64. The van der Waals surface area contributed by atoms with Crippen LogP contribution in [0.5, 0.6) is 0 Å². The summed E-state index contributed by atoms with van der Waals surface area (Å²) in [5.74, 6) is 2.26. The van der Waals surface area contributed by atoms with E-state index >= 15 is 0 Å². The van der Waals surface area contributed by atoms with E-state index in [1.807, 2.05) is 12.3 Å². The van der Waals surface area contributed by atoms with Gasteiger partial charge in [0.25, 0.3) is 0 Å². The second-order valence-corrected chi connectivity index (χ2v) is 13.1. The molecule has 2 aliphatic rings. The van der Waals surface area contributed by atoms with E-state index in [1.54, 1.807) is 0 Å². The second kappa shape index (κ2) is 9.68. The molecular formula is C28H34N6O2S. The zero-order valence-electron chi connectivity index (χ0n) is 21.5. The Morgan fingerprint density at radius 2 is 1.84 bits per heavy atom. The third-order valence-electron chi connectivity index (χ3n) is 7.95. The number of hydrogen-bond donors (Lipinski definition) is 1. The zero-order chi connectivity index (χ0) is 25.6. The molecular weight excluding hydrogens is 484 g/mol. The molecule has 9 heteroatoms. The van der Waals surface area contributed by atoms with Gasteiger partial charge in [-0.3, -0.25) is 4.90 Å². The lowest BCUT2D eigenvalue weighted by atomic mass is 9.87. The summed E-state index contributed by atoms with van der Waals surface area (Å²) >= 11 is 0. The highest BCUT2D eigenvalue weighted by atomic mass is 32.2. The van der Waals surface area contributed by atoms with Gasteiger partial charge in [-0.2, -0.15) is 4.98 Å². The number of nitrogens with one attached hydrogen (secondary N) is 1. The van der Waals surface area contributed by atoms with Gasteiger partial charge in [0.1, 0.15) is 21.3 Å². The number of benzene rings is 1. The molecule has 6 rings (SSSR count). The van der Waals surface area contributed by atoms with Crippen LogP contribution in [-0.2, 0) is 22.8 Å². The van der Waals surface area contributed by atoms with Crippen molar-refractivity contribution in [2.24, 2.45) is 5.92 Å². The van der Waals surface area contributed by atoms with Gasteiger partial charge >= 0.3 is 0 Å². The molecule has 0 radical (unpaired) electrons. The summed E-state index contributed by atoms with van der Waals surface area (Å²) in [6.07, 6.45) is 8.87. The monoisotopic (exact) mass is 518 g/mol. The molecule has 1 aromatic carbocycles. The van der Waals surface area contributed by atoms with Crippen LogP contribution in [0.25, 0.3) is 21.9 Å². The van der Waals surface area contributed by atoms with E-state index in [2.05, 4.69) is 57.0 Å². The van der Waals surface area contributed by atoms with E-state index in [1.165, 1.54) is 42.8 Å². The molecule has 0 saturated heterocycles. The SMILES string of the molecule is CS(=O)(=O)CCN1CCc2nc(Nc3ncc4c5ccccc5n([C@H]5CC[C@H](C)CC5)c4n3)ccc2C1. The van der Waals surface area contributed by atoms with Crippen molar-refractivity contribution in [1.29, 1.82) is 0 Å². The first-order valence-electron chi connectivity index (χ1n) is 13.3. The Morgan fingerprint density at radius 3 is 2.65 bits per heavy atom. The molecule has 4 heterocycles. The van der Waals surface area contributed by atoms with Crippen LogP contribution in [0.1, 0.15) is 49.9 Å². The maximum atomic E-state index is 11.5. The summed E-state index contributed by atoms with van der Waals surface area (Å²) in [6.45, 7) is 4.44. The van der Waals surface area contributed by atoms with Gasteiger partial charge in [-0.1, -0.05) is 31.2 Å². The minimum atomic E-state index is -2.96. The molecule has 0 atom stereocenters. The van der Waals surface area contributed by atoms with Crippen molar-refractivity contribution in [3.8, 4) is 0 Å². The predicted molar refractivity (Wildman–Crippen MR) is 148 cm³/mol. The number of fused-ring (bicyclic) bond motifs is 4. The van der Waals surface area contributed by atoms with Crippen molar-refractivity contribution < 1.29 is 8.42 Å². The van der Waals surface area contributed by atoms with E-state index in [-0.39, 0.29) is 5.75 Å². The lowest BCUT2D eigenvalue weighted by Crippen LogP contribution is -2.34. The summed E-state index contributed by atoms with van der Waals surface area (Å²) in [4.78, 5) is 16.7. The highest BCUT2D eigenvalue weighted by Crippen LogP contribution is 2.38. The first-order valence-corrected chi connectivity index (χ1v) is 15.3. The van der Waals surface area contributed by atoms with Crippen LogP contribution in [0, 0.1) is 5.92 Å². The number of aromatic nitrogens is 4. The molecule has 8 nitrogen and oxygen atoms in total. The summed E-state index contributed by atoms with van der Waals surface area (Å²) in [5.41, 5.74) is 4.41. The van der Waals surface area contributed by atoms with E-state index in [0.29, 0.717) is 18.5 Å². The van der Waals surface area contributed by atoms with Gasteiger partial charge in [-0.15, -0.1) is 0 Å². The number of para-hydroxylation sites is 1. The van der Waals surface area contributed by atoms with Crippen LogP contribution < -0.4 is 5.32 Å². The molecule has 1 fully saturated rings. The third kappa shape index (κ3) is 5.07. The fraction of sp³-hybridized carbons (Fsp3) is 0.464. The van der Waals surface area contributed by atoms with Crippen molar-refractivity contribution in [2.75, 3.05) is 30.4 Å². The fourth-order valence-electron chi connectivity index (χ4n) is 5.85. The molecule has 1 saturated carbocycles. The number of sulfone groups is 1. The molecule has 3 aromatic heterocycles. The van der Waals surface area contributed by atoms with E-state index in [0.717, 1.165) is 53.5 Å². The topological polar surface area (TPSA) is 93.0 Å². The van der Waals surface area contributed by atoms with Crippen LogP contribution in [0.2, 0.25) is 0 Å². The molecule has 194 valence electrons. The minimum absolute atomic E-state index is 0.186. The Kier molecular flexibility index (Phi) is 6.36. The van der Waals surface area contributed by atoms with E-state index in [9.17, 15) is 8.42 Å². The number of hydrogen-bond acceptors (Lipinski definition) is 7. The largest absolute Gasteiger partial charge is 0.322 e. The van der Waals surface area contributed by atoms with Gasteiger partial charge in [0.15, 0.2) is 0 Å². The quantitative estimate of drug-likeness (QED) is 0.389. The Hall–Kier alpha value is -3.04. The minimum Gasteiger partial charge on any atom is -0.322 e. The first-order chi connectivity index (χ1) is 17.8. The smallest absolute Gasteiger partial charge is 0.230 e. The summed E-state index contributed by atoms with van der Waals surface area (Å²) < 4.78 is 25.5. The molecule has 1 N–H and O–H groups in total. The molecule has 1 aliphatic heterocycles. The van der Waals surface area contributed by atoms with Gasteiger partial charge in [0.05, 0.1) is 11.3 Å². The van der Waals surface area contributed by atoms with Crippen LogP contribution in [-0.4, -0.2) is 57.9 Å². The summed E-state index contributed by atoms with van der Waals surface area (Å²) in [7, 11) is -2.96. The molecule has 4 aromatic rings. The highest BCUT2D eigenvalue weighted by molar-refractivity contribution is 7.90. The Labute approximate surface area is 218 Å². The van der Waals surface area contributed by atoms with Crippen LogP contribution >= 0.6 is 0 Å². The van der Waals surface area contributed by atoms with Crippen LogP contribution in [0.3, 0.4) is 0 Å². The Balaban J connectivity index is 1.27. The first kappa shape index (κ1) is 24.3. The van der Waals surface area contributed by atoms with Gasteiger partial charge in [0, 0.05) is 61.0 Å². The fourth-order valence-corrected chi connectivity index (χ4v) is 6.44. The maximum absolute atomic E-state index is 11.5. The van der Waals surface area contributed by atoms with Crippen molar-refractivity contribution in [3.63, 3.8) is 0 Å². The van der Waals surface area contributed by atoms with Crippen molar-refractivity contribution in [1.82, 2.24) is 24.4 Å². The molecule has 0 spiro atoms. The standard InChI is InChI=1S/C28H34N6O2S/c1-19-7-10-21(11-8-19)34-25-6-4-3-5-22(25)23-17-29-28(32-27(23)34)31-26-12-9-20-18-33(14-13-24(20)30-26)15-16-37(2,35)36/h3-6,9,12,17,19,21H,7-8,10-11,13-16,18H2,1-2H3,(H,29,30,31,32)/t19-,21-. The molecule has 0 amide bonds. The van der Waals surface area contributed by atoms with Gasteiger partial charge in [-0.25, -0.2) is 18.4 Å². The number of rotatable bonds is 6. The Bertz CT molecular complexity index is 1560. The van der Waals surface area contributed by atoms with Crippen LogP contribution in [0.15, 0.2) is 42.6 Å². The average molecular weight is 519 g/mol. The predicted octanol–water partition coefficient (Wildman–Crippen LogP) is 4.88. The zero-order valence-corrected chi connectivity index (χ0v) is 22.3. The molecule has 0 unspecified atom stereocenters. The molecule has 37 heavy (non-hydrogen) atoms. The van der Waals surface area contributed by atoms with Gasteiger partial charge < -0.3 is 9.88 Å². The highest BCUT2D eigenvalue weighted by Gasteiger charge is 2.24. The summed E-state index contributed by atoms with van der Waals surface area (Å²) in [6, 6.07) is 13.1. The third-order valence-corrected chi connectivity index (χ3v) is 8.87. The van der Waals surface area contributed by atoms with E-state index in [4.69, 9.17) is 9.97 Å². The lowest BCUT2D eigenvalue weighted by Gasteiger charge is -2.28. The van der Waals surface area contributed by atoms with Gasteiger partial charge in [0.2, 0.25) is 5.95 Å². The number of pyridine rings is 1. The van der Waals surface area contributed by atoms with Crippen molar-refractivity contribution in [2.45, 2.75) is 51.6 Å². The van der Waals surface area contributed by atoms with Crippen molar-refractivity contribution >= 4 is 43.5 Å². The maximum Gasteiger partial charge on any atom is 0.230 e. The number of anilines is 2. The molecule has 0 bridgehead atoms. The second-order valence-electron chi connectivity index (χ2n) is 10.8. The normalized spacial score (nSPS) is 20.8. The van der Waals surface area contributed by atoms with Crippen molar-refractivity contribution in [3.05, 3.63) is 53.9 Å². The van der Waals surface area contributed by atoms with Crippen LogP contribution in [0.4, 0.5) is 11.8 Å². The number of nitrogens with zero attached hydrogens (tertiary/aromatic N) is 5. The average Bonchev–Trinajstić information content (AvgIpc) is 3.21. The lowest BCUT2D eigenvalue weighted by molar-refractivity contribution is 0.267. The van der Waals surface area contributed by atoms with E-state index < -0.39 is 9.84 Å². The molecule has 1 aliphatic carbocycles. The Morgan fingerprint density at radius 1 is 1.03 bits per heavy atom.